The highest BCUT2D eigenvalue weighted by Gasteiger charge is 2.08. The van der Waals surface area contributed by atoms with Crippen molar-refractivity contribution in [1.29, 1.82) is 0 Å². The van der Waals surface area contributed by atoms with E-state index in [2.05, 4.69) is 43.3 Å². The number of benzene rings is 1. The van der Waals surface area contributed by atoms with Crippen LogP contribution in [0.3, 0.4) is 0 Å². The van der Waals surface area contributed by atoms with Gasteiger partial charge in [-0.15, -0.1) is 21.5 Å². The van der Waals surface area contributed by atoms with E-state index in [1.54, 1.807) is 23.5 Å². The number of ether oxygens (including phenoxy) is 1. The lowest BCUT2D eigenvalue weighted by molar-refractivity contribution is 0.223. The number of thiophene rings is 1. The number of aromatic nitrogens is 3. The van der Waals surface area contributed by atoms with Gasteiger partial charge in [0, 0.05) is 18.5 Å². The molecule has 0 bridgehead atoms. The molecule has 30 heavy (non-hydrogen) atoms. The lowest BCUT2D eigenvalue weighted by atomic mass is 10.3. The Balaban J connectivity index is 1.56. The Morgan fingerprint density at radius 2 is 2.03 bits per heavy atom. The average molecular weight is 431 g/mol. The van der Waals surface area contributed by atoms with Gasteiger partial charge in [0.1, 0.15) is 30.0 Å². The van der Waals surface area contributed by atoms with E-state index >= 15 is 0 Å². The average Bonchev–Trinajstić information content (AvgIpc) is 3.36. The second kappa shape index (κ2) is 10.7. The third-order valence-corrected chi connectivity index (χ3v) is 5.45. The number of hydrogen-bond acceptors (Lipinski definition) is 5. The van der Waals surface area contributed by atoms with Gasteiger partial charge in [-0.1, -0.05) is 6.07 Å². The summed E-state index contributed by atoms with van der Waals surface area (Å²) in [5, 5.41) is 17.0. The van der Waals surface area contributed by atoms with Crippen molar-refractivity contribution in [3.8, 4) is 5.75 Å². The molecule has 160 valence electrons. The summed E-state index contributed by atoms with van der Waals surface area (Å²) in [7, 11) is 1.93. The van der Waals surface area contributed by atoms with E-state index in [1.807, 2.05) is 25.5 Å². The molecule has 0 aliphatic rings. The first-order valence-electron chi connectivity index (χ1n) is 9.83. The van der Waals surface area contributed by atoms with Crippen LogP contribution in [0.15, 0.2) is 46.8 Å². The van der Waals surface area contributed by atoms with Crippen LogP contribution in [0.2, 0.25) is 0 Å². The number of aliphatic imine (C=N–C) groups is 1. The summed E-state index contributed by atoms with van der Waals surface area (Å²) in [5.74, 6) is 2.67. The normalized spacial score (nSPS) is 12.6. The Morgan fingerprint density at radius 3 is 2.70 bits per heavy atom. The van der Waals surface area contributed by atoms with Crippen molar-refractivity contribution in [2.45, 2.75) is 32.9 Å². The summed E-state index contributed by atoms with van der Waals surface area (Å²) in [4.78, 5) is 5.97. The van der Waals surface area contributed by atoms with Crippen molar-refractivity contribution in [3.05, 3.63) is 64.1 Å². The van der Waals surface area contributed by atoms with Gasteiger partial charge >= 0.3 is 0 Å². The Morgan fingerprint density at radius 1 is 1.23 bits per heavy atom. The summed E-state index contributed by atoms with van der Waals surface area (Å²) < 4.78 is 20.8. The summed E-state index contributed by atoms with van der Waals surface area (Å²) in [6.45, 7) is 5.58. The maximum absolute atomic E-state index is 13.1. The Kier molecular flexibility index (Phi) is 7.78. The molecule has 9 heteroatoms. The van der Waals surface area contributed by atoms with E-state index in [-0.39, 0.29) is 11.9 Å². The molecule has 0 saturated heterocycles. The van der Waals surface area contributed by atoms with E-state index in [0.29, 0.717) is 24.8 Å². The topological polar surface area (TPSA) is 76.4 Å². The fraction of sp³-hybridized carbons (Fsp3) is 0.381. The first kappa shape index (κ1) is 21.8. The van der Waals surface area contributed by atoms with Gasteiger partial charge in [0.2, 0.25) is 0 Å². The van der Waals surface area contributed by atoms with Crippen LogP contribution >= 0.6 is 11.3 Å². The largest absolute Gasteiger partial charge is 0.489 e. The van der Waals surface area contributed by atoms with Gasteiger partial charge in [0.25, 0.3) is 0 Å². The van der Waals surface area contributed by atoms with Crippen molar-refractivity contribution >= 4 is 17.3 Å². The maximum atomic E-state index is 13.1. The van der Waals surface area contributed by atoms with Gasteiger partial charge in [0.05, 0.1) is 6.54 Å². The number of rotatable bonds is 9. The molecule has 7 nitrogen and oxygen atoms in total. The van der Waals surface area contributed by atoms with Crippen LogP contribution in [0.5, 0.6) is 5.75 Å². The van der Waals surface area contributed by atoms with Gasteiger partial charge in [-0.25, -0.2) is 9.38 Å². The second-order valence-corrected chi connectivity index (χ2v) is 7.94. The molecule has 2 aromatic heterocycles. The van der Waals surface area contributed by atoms with Gasteiger partial charge in [-0.05, 0) is 56.0 Å². The zero-order chi connectivity index (χ0) is 21.3. The number of nitrogens with zero attached hydrogens (tertiary/aromatic N) is 4. The highest BCUT2D eigenvalue weighted by molar-refractivity contribution is 7.09. The Labute approximate surface area is 180 Å². The molecule has 0 fully saturated rings. The molecule has 1 aromatic carbocycles. The van der Waals surface area contributed by atoms with E-state index in [1.165, 1.54) is 17.0 Å². The summed E-state index contributed by atoms with van der Waals surface area (Å²) in [6, 6.07) is 10.2. The molecule has 2 heterocycles. The molecule has 0 radical (unpaired) electrons. The minimum atomic E-state index is -0.281. The van der Waals surface area contributed by atoms with Crippen molar-refractivity contribution in [2.75, 3.05) is 13.1 Å². The van der Waals surface area contributed by atoms with Crippen molar-refractivity contribution in [2.24, 2.45) is 12.0 Å². The molecular formula is C21H27FN6OS. The molecule has 3 aromatic rings. The lowest BCUT2D eigenvalue weighted by Crippen LogP contribution is -2.42. The predicted molar refractivity (Wildman–Crippen MR) is 117 cm³/mol. The maximum Gasteiger partial charge on any atom is 0.191 e. The molecule has 2 N–H and O–H groups in total. The number of halogens is 1. The molecule has 0 spiro atoms. The van der Waals surface area contributed by atoms with Crippen molar-refractivity contribution in [1.82, 2.24) is 25.4 Å². The molecule has 1 unspecified atom stereocenters. The van der Waals surface area contributed by atoms with Crippen LogP contribution in [-0.4, -0.2) is 39.9 Å². The fourth-order valence-electron chi connectivity index (χ4n) is 2.70. The Hall–Kier alpha value is -2.94. The molecule has 0 aliphatic heterocycles. The SMILES string of the molecule is Cc1nnc(CN=C(NCCc2cccs2)NCC(C)Oc2ccc(F)cc2)n1C. The smallest absolute Gasteiger partial charge is 0.191 e. The zero-order valence-corrected chi connectivity index (χ0v) is 18.2. The molecule has 0 aliphatic carbocycles. The summed E-state index contributed by atoms with van der Waals surface area (Å²) in [5.41, 5.74) is 0. The highest BCUT2D eigenvalue weighted by atomic mass is 32.1. The lowest BCUT2D eigenvalue weighted by Gasteiger charge is -2.18. The van der Waals surface area contributed by atoms with Gasteiger partial charge in [-0.3, -0.25) is 0 Å². The van der Waals surface area contributed by atoms with E-state index in [0.717, 1.165) is 24.6 Å². The number of guanidine groups is 1. The zero-order valence-electron chi connectivity index (χ0n) is 17.4. The third-order valence-electron chi connectivity index (χ3n) is 4.51. The van der Waals surface area contributed by atoms with E-state index < -0.39 is 0 Å². The van der Waals surface area contributed by atoms with Gasteiger partial charge < -0.3 is 19.9 Å². The van der Waals surface area contributed by atoms with Gasteiger partial charge in [-0.2, -0.15) is 0 Å². The second-order valence-electron chi connectivity index (χ2n) is 6.91. The Bertz CT molecular complexity index is 939. The van der Waals surface area contributed by atoms with Gasteiger partial charge in [0.15, 0.2) is 11.8 Å². The molecule has 3 rings (SSSR count). The van der Waals surface area contributed by atoms with Crippen molar-refractivity contribution in [3.63, 3.8) is 0 Å². The molecule has 0 amide bonds. The molecule has 1 atom stereocenters. The van der Waals surface area contributed by atoms with Crippen LogP contribution in [0, 0.1) is 12.7 Å². The predicted octanol–water partition coefficient (Wildman–Crippen LogP) is 3.07. The first-order chi connectivity index (χ1) is 14.5. The van der Waals surface area contributed by atoms with Crippen molar-refractivity contribution < 1.29 is 9.13 Å². The summed E-state index contributed by atoms with van der Waals surface area (Å²) >= 11 is 1.74. The van der Waals surface area contributed by atoms with Crippen LogP contribution in [0.1, 0.15) is 23.4 Å². The van der Waals surface area contributed by atoms with Crippen LogP contribution in [0.4, 0.5) is 4.39 Å². The monoisotopic (exact) mass is 430 g/mol. The number of nitrogens with one attached hydrogen (secondary N) is 2. The molecule has 0 saturated carbocycles. The van der Waals surface area contributed by atoms with E-state index in [4.69, 9.17) is 4.74 Å². The standard InChI is InChI=1S/C21H27FN6OS/c1-15(29-18-8-6-17(22)7-9-18)13-24-21(23-11-10-19-5-4-12-30-19)25-14-20-27-26-16(2)28(20)3/h4-9,12,15H,10-11,13-14H2,1-3H3,(H2,23,24,25). The van der Waals surface area contributed by atoms with E-state index in [9.17, 15) is 4.39 Å². The quantitative estimate of drug-likeness (QED) is 0.403. The number of aryl methyl sites for hydroxylation is 1. The first-order valence-corrected chi connectivity index (χ1v) is 10.7. The minimum Gasteiger partial charge on any atom is -0.489 e. The number of hydrogen-bond donors (Lipinski definition) is 2. The van der Waals surface area contributed by atoms with Crippen LogP contribution in [-0.2, 0) is 20.0 Å². The molecular weight excluding hydrogens is 403 g/mol. The van der Waals surface area contributed by atoms with Crippen LogP contribution < -0.4 is 15.4 Å². The summed E-state index contributed by atoms with van der Waals surface area (Å²) in [6.07, 6.45) is 0.792. The minimum absolute atomic E-state index is 0.128. The highest BCUT2D eigenvalue weighted by Crippen LogP contribution is 2.12. The fourth-order valence-corrected chi connectivity index (χ4v) is 3.41. The van der Waals surface area contributed by atoms with Crippen LogP contribution in [0.25, 0.3) is 0 Å². The third kappa shape index (κ3) is 6.55.